The fourth-order valence-corrected chi connectivity index (χ4v) is 3.15. The van der Waals surface area contributed by atoms with Crippen LogP contribution in [0.4, 0.5) is 5.69 Å². The Morgan fingerprint density at radius 2 is 2.20 bits per heavy atom. The van der Waals surface area contributed by atoms with Crippen molar-refractivity contribution in [2.75, 3.05) is 11.9 Å². The molecule has 3 N–H and O–H groups in total. The van der Waals surface area contributed by atoms with Gasteiger partial charge in [0.2, 0.25) is 11.7 Å². The summed E-state index contributed by atoms with van der Waals surface area (Å²) < 4.78 is 10.8. The molecular weight excluding hydrogens is 386 g/mol. The van der Waals surface area contributed by atoms with Gasteiger partial charge in [0.15, 0.2) is 11.3 Å². The number of allylic oxidation sites excluding steroid dienone is 1. The molecule has 1 aliphatic rings. The van der Waals surface area contributed by atoms with E-state index in [0.29, 0.717) is 22.5 Å². The Hall–Kier alpha value is -4.07. The van der Waals surface area contributed by atoms with E-state index in [-0.39, 0.29) is 29.6 Å². The molecule has 8 heteroatoms. The van der Waals surface area contributed by atoms with Crippen molar-refractivity contribution in [2.45, 2.75) is 13.8 Å². The number of ether oxygens (including phenoxy) is 2. The average molecular weight is 405 g/mol. The van der Waals surface area contributed by atoms with Crippen LogP contribution in [0.5, 0.6) is 5.75 Å². The highest BCUT2D eigenvalue weighted by Gasteiger charge is 2.37. The number of phenols is 1. The fraction of sp³-hybridized carbons (Fsp3) is 0.136. The smallest absolute Gasteiger partial charge is 0.347 e. The average Bonchev–Trinajstić information content (AvgIpc) is 3.26. The quantitative estimate of drug-likeness (QED) is 0.258. The third-order valence-corrected chi connectivity index (χ3v) is 4.60. The number of carbonyl (C=O) groups is 2. The van der Waals surface area contributed by atoms with Crippen LogP contribution >= 0.6 is 0 Å². The molecule has 0 spiro atoms. The molecule has 1 aromatic carbocycles. The van der Waals surface area contributed by atoms with Gasteiger partial charge in [-0.3, -0.25) is 4.79 Å². The summed E-state index contributed by atoms with van der Waals surface area (Å²) in [7, 11) is 0. The van der Waals surface area contributed by atoms with Crippen molar-refractivity contribution in [1.29, 1.82) is 0 Å². The maximum atomic E-state index is 13.0. The molecule has 1 aliphatic heterocycles. The first-order chi connectivity index (χ1) is 14.5. The molecule has 0 radical (unpaired) electrons. The van der Waals surface area contributed by atoms with E-state index in [9.17, 15) is 14.7 Å². The number of Topliss-reactive ketones (excluding diaryl/α,β-unsaturated/α-hetero) is 1. The molecule has 0 bridgehead atoms. The van der Waals surface area contributed by atoms with Gasteiger partial charge in [0.25, 0.3) is 0 Å². The Morgan fingerprint density at radius 3 is 2.97 bits per heavy atom. The van der Waals surface area contributed by atoms with E-state index in [1.54, 1.807) is 50.5 Å². The third-order valence-electron chi connectivity index (χ3n) is 4.60. The number of benzene rings is 1. The summed E-state index contributed by atoms with van der Waals surface area (Å²) in [6.45, 7) is 3.55. The number of nitrogens with zero attached hydrogens (tertiary/aromatic N) is 1. The molecule has 3 heterocycles. The van der Waals surface area contributed by atoms with Gasteiger partial charge in [-0.1, -0.05) is 0 Å². The predicted octanol–water partition coefficient (Wildman–Crippen LogP) is 3.40. The molecule has 0 saturated carbocycles. The van der Waals surface area contributed by atoms with Crippen molar-refractivity contribution in [3.05, 3.63) is 71.1 Å². The lowest BCUT2D eigenvalue weighted by Gasteiger charge is -2.11. The number of aryl methyl sites for hydroxylation is 1. The lowest BCUT2D eigenvalue weighted by molar-refractivity contribution is -0.139. The van der Waals surface area contributed by atoms with Crippen LogP contribution in [0.1, 0.15) is 18.1 Å². The normalized spacial score (nSPS) is 15.0. The number of fused-ring (bicyclic) bond motifs is 1. The van der Waals surface area contributed by atoms with Crippen LogP contribution in [-0.4, -0.2) is 33.4 Å². The number of rotatable bonds is 5. The van der Waals surface area contributed by atoms with Gasteiger partial charge in [-0.2, -0.15) is 0 Å². The molecule has 8 nitrogen and oxygen atoms in total. The van der Waals surface area contributed by atoms with Gasteiger partial charge in [-0.05, 0) is 55.8 Å². The fourth-order valence-electron chi connectivity index (χ4n) is 3.15. The number of aromatic hydroxyl groups is 1. The van der Waals surface area contributed by atoms with Gasteiger partial charge >= 0.3 is 5.97 Å². The monoisotopic (exact) mass is 405 g/mol. The molecule has 0 amide bonds. The van der Waals surface area contributed by atoms with Crippen LogP contribution in [0, 0.1) is 6.92 Å². The summed E-state index contributed by atoms with van der Waals surface area (Å²) >= 11 is 0. The number of H-pyrrole nitrogens is 1. The molecule has 0 saturated heterocycles. The Balaban J connectivity index is 1.72. The molecule has 152 valence electrons. The number of ketones is 1. The molecule has 30 heavy (non-hydrogen) atoms. The molecule has 3 aromatic rings. The first kappa shape index (κ1) is 19.3. The minimum absolute atomic E-state index is 0.0123. The zero-order valence-electron chi connectivity index (χ0n) is 16.4. The van der Waals surface area contributed by atoms with E-state index in [4.69, 9.17) is 9.47 Å². The van der Waals surface area contributed by atoms with Crippen LogP contribution < -0.4 is 5.32 Å². The lowest BCUT2D eigenvalue weighted by Crippen LogP contribution is -2.16. The van der Waals surface area contributed by atoms with E-state index in [2.05, 4.69) is 15.3 Å². The van der Waals surface area contributed by atoms with Crippen molar-refractivity contribution < 1.29 is 24.2 Å². The standard InChI is InChI=1S/C22H19N3O5/c1-3-29-22(28)18-19(27)17(10-13-11-24-20-15(13)5-4-8-23-20)30-21(18)25-16-7-6-14(26)9-12(16)2/h4-11,25-26H,3H2,1-2H3,(H,23,24)/b17-10-. The number of anilines is 1. The van der Waals surface area contributed by atoms with Crippen LogP contribution in [0.25, 0.3) is 17.1 Å². The van der Waals surface area contributed by atoms with Crippen LogP contribution in [0.2, 0.25) is 0 Å². The van der Waals surface area contributed by atoms with Crippen molar-refractivity contribution in [1.82, 2.24) is 9.97 Å². The zero-order chi connectivity index (χ0) is 21.3. The Bertz CT molecular complexity index is 1220. The number of phenolic OH excluding ortho intramolecular Hbond substituents is 1. The summed E-state index contributed by atoms with van der Waals surface area (Å²) in [6.07, 6.45) is 4.93. The molecule has 0 atom stereocenters. The highest BCUT2D eigenvalue weighted by Crippen LogP contribution is 2.31. The Kier molecular flexibility index (Phi) is 4.97. The van der Waals surface area contributed by atoms with Gasteiger partial charge in [0.1, 0.15) is 11.4 Å². The summed E-state index contributed by atoms with van der Waals surface area (Å²) in [4.78, 5) is 32.7. The maximum Gasteiger partial charge on any atom is 0.347 e. The molecule has 0 fully saturated rings. The van der Waals surface area contributed by atoms with Gasteiger partial charge < -0.3 is 24.9 Å². The second-order valence-corrected chi connectivity index (χ2v) is 6.63. The third kappa shape index (κ3) is 3.50. The highest BCUT2D eigenvalue weighted by atomic mass is 16.5. The van der Waals surface area contributed by atoms with Gasteiger partial charge in [-0.25, -0.2) is 9.78 Å². The van der Waals surface area contributed by atoms with Crippen molar-refractivity contribution in [3.63, 3.8) is 0 Å². The first-order valence-corrected chi connectivity index (χ1v) is 9.32. The molecule has 4 rings (SSSR count). The minimum Gasteiger partial charge on any atom is -0.508 e. The molecule has 0 unspecified atom stereocenters. The number of hydrogen-bond acceptors (Lipinski definition) is 7. The number of carbonyl (C=O) groups excluding carboxylic acids is 2. The molecule has 2 aromatic heterocycles. The maximum absolute atomic E-state index is 13.0. The van der Waals surface area contributed by atoms with E-state index in [1.807, 2.05) is 6.07 Å². The van der Waals surface area contributed by atoms with Crippen LogP contribution in [-0.2, 0) is 19.1 Å². The van der Waals surface area contributed by atoms with E-state index < -0.39 is 11.8 Å². The largest absolute Gasteiger partial charge is 0.508 e. The summed E-state index contributed by atoms with van der Waals surface area (Å²) in [5.41, 5.74) is 2.45. The number of aromatic amines is 1. The zero-order valence-corrected chi connectivity index (χ0v) is 16.4. The topological polar surface area (TPSA) is 114 Å². The molecule has 0 aliphatic carbocycles. The Morgan fingerprint density at radius 1 is 1.37 bits per heavy atom. The van der Waals surface area contributed by atoms with Crippen LogP contribution in [0.15, 0.2) is 59.9 Å². The molecular formula is C22H19N3O5. The summed E-state index contributed by atoms with van der Waals surface area (Å²) in [6, 6.07) is 8.33. The van der Waals surface area contributed by atoms with E-state index >= 15 is 0 Å². The number of aromatic nitrogens is 2. The first-order valence-electron chi connectivity index (χ1n) is 9.32. The van der Waals surface area contributed by atoms with Crippen molar-refractivity contribution in [2.24, 2.45) is 0 Å². The van der Waals surface area contributed by atoms with Crippen molar-refractivity contribution >= 4 is 34.5 Å². The van der Waals surface area contributed by atoms with Gasteiger partial charge in [-0.15, -0.1) is 0 Å². The summed E-state index contributed by atoms with van der Waals surface area (Å²) in [5, 5.41) is 13.4. The predicted molar refractivity (Wildman–Crippen MR) is 110 cm³/mol. The Labute approximate surface area is 171 Å². The number of esters is 1. The summed E-state index contributed by atoms with van der Waals surface area (Å²) in [5.74, 6) is -1.27. The van der Waals surface area contributed by atoms with Crippen molar-refractivity contribution in [3.8, 4) is 5.75 Å². The number of pyridine rings is 1. The second kappa shape index (κ2) is 7.75. The SMILES string of the molecule is CCOC(=O)C1=C(Nc2ccc(O)cc2C)O/C(=C\c2c[nH]c3ncccc23)C1=O. The van der Waals surface area contributed by atoms with Gasteiger partial charge in [0, 0.05) is 29.0 Å². The second-order valence-electron chi connectivity index (χ2n) is 6.63. The van der Waals surface area contributed by atoms with E-state index in [1.165, 1.54) is 6.07 Å². The van der Waals surface area contributed by atoms with Crippen LogP contribution in [0.3, 0.4) is 0 Å². The minimum atomic E-state index is -0.773. The van der Waals surface area contributed by atoms with E-state index in [0.717, 1.165) is 5.39 Å². The number of nitrogens with one attached hydrogen (secondary N) is 2. The van der Waals surface area contributed by atoms with Gasteiger partial charge in [0.05, 0.1) is 6.61 Å². The highest BCUT2D eigenvalue weighted by molar-refractivity contribution is 6.26. The number of hydrogen-bond donors (Lipinski definition) is 3. The lowest BCUT2D eigenvalue weighted by atomic mass is 10.1.